The average molecular weight is 255 g/mol. The molecule has 2 unspecified atom stereocenters. The minimum atomic E-state index is -0.398. The quantitative estimate of drug-likeness (QED) is 0.584. The van der Waals surface area contributed by atoms with E-state index in [-0.39, 0.29) is 17.9 Å². The zero-order valence-electron chi connectivity index (χ0n) is 10.5. The molecule has 0 spiro atoms. The molecule has 1 aliphatic heterocycles. The largest absolute Gasteiger partial charge is 0.364 e. The van der Waals surface area contributed by atoms with Gasteiger partial charge in [0, 0.05) is 25.6 Å². The van der Waals surface area contributed by atoms with Gasteiger partial charge in [-0.05, 0) is 25.7 Å². The maximum Gasteiger partial charge on any atom is 0.249 e. The summed E-state index contributed by atoms with van der Waals surface area (Å²) < 4.78 is 5.47. The Hall–Kier alpha value is -1.14. The summed E-state index contributed by atoms with van der Waals surface area (Å²) in [6.07, 6.45) is 3.63. The van der Waals surface area contributed by atoms with E-state index in [1.165, 1.54) is 0 Å². The Morgan fingerprint density at radius 1 is 1.22 bits per heavy atom. The summed E-state index contributed by atoms with van der Waals surface area (Å²) in [7, 11) is 0. The number of amides is 2. The van der Waals surface area contributed by atoms with Crippen molar-refractivity contribution in [1.29, 1.82) is 0 Å². The molecule has 0 radical (unpaired) electrons. The van der Waals surface area contributed by atoms with Crippen LogP contribution in [0.1, 0.15) is 32.1 Å². The molecule has 102 valence electrons. The smallest absolute Gasteiger partial charge is 0.249 e. The van der Waals surface area contributed by atoms with Gasteiger partial charge in [-0.25, -0.2) is 0 Å². The van der Waals surface area contributed by atoms with Crippen LogP contribution in [0.5, 0.6) is 0 Å². The van der Waals surface area contributed by atoms with Gasteiger partial charge in [0.1, 0.15) is 6.10 Å². The van der Waals surface area contributed by atoms with E-state index in [1.807, 2.05) is 0 Å². The van der Waals surface area contributed by atoms with Crippen LogP contribution in [0.25, 0.3) is 0 Å². The number of hydrogen-bond acceptors (Lipinski definition) is 4. The molecule has 2 aliphatic rings. The summed E-state index contributed by atoms with van der Waals surface area (Å²) in [6.45, 7) is 0.818. The Bertz CT molecular complexity index is 318. The van der Waals surface area contributed by atoms with Crippen LogP contribution in [0.3, 0.4) is 0 Å². The lowest BCUT2D eigenvalue weighted by Crippen LogP contribution is -2.38. The van der Waals surface area contributed by atoms with Gasteiger partial charge in [-0.2, -0.15) is 0 Å². The molecule has 18 heavy (non-hydrogen) atoms. The molecule has 0 aromatic heterocycles. The van der Waals surface area contributed by atoms with Crippen molar-refractivity contribution in [3.05, 3.63) is 0 Å². The third kappa shape index (κ3) is 3.96. The number of nitrogens with two attached hydrogens (primary N) is 1. The maximum atomic E-state index is 11.7. The second-order valence-corrected chi connectivity index (χ2v) is 4.94. The first-order valence-corrected chi connectivity index (χ1v) is 6.61. The Balaban J connectivity index is 1.58. The van der Waals surface area contributed by atoms with E-state index in [0.717, 1.165) is 19.3 Å². The minimum Gasteiger partial charge on any atom is -0.364 e. The molecule has 2 fully saturated rings. The van der Waals surface area contributed by atoms with Crippen LogP contribution in [-0.4, -0.2) is 43.2 Å². The second kappa shape index (κ2) is 6.15. The zero-order valence-corrected chi connectivity index (χ0v) is 10.5. The third-order valence-electron chi connectivity index (χ3n) is 3.26. The van der Waals surface area contributed by atoms with Gasteiger partial charge < -0.3 is 21.1 Å². The van der Waals surface area contributed by atoms with Gasteiger partial charge >= 0.3 is 0 Å². The van der Waals surface area contributed by atoms with Gasteiger partial charge in [-0.1, -0.05) is 0 Å². The SMILES string of the molecule is NCC1CCC(C(=O)NCCC(=O)NC2CC2)O1. The molecule has 1 aliphatic carbocycles. The summed E-state index contributed by atoms with van der Waals surface area (Å²) in [5, 5.41) is 5.60. The van der Waals surface area contributed by atoms with Gasteiger partial charge in [0.05, 0.1) is 6.10 Å². The molecule has 2 atom stereocenters. The molecule has 1 saturated heterocycles. The fourth-order valence-electron chi connectivity index (χ4n) is 2.01. The lowest BCUT2D eigenvalue weighted by Gasteiger charge is -2.12. The third-order valence-corrected chi connectivity index (χ3v) is 3.26. The molecule has 1 saturated carbocycles. The fraction of sp³-hybridized carbons (Fsp3) is 0.833. The predicted molar refractivity (Wildman–Crippen MR) is 65.7 cm³/mol. The van der Waals surface area contributed by atoms with Crippen molar-refractivity contribution in [1.82, 2.24) is 10.6 Å². The predicted octanol–water partition coefficient (Wildman–Crippen LogP) is -0.722. The summed E-state index contributed by atoms with van der Waals surface area (Å²) in [5.41, 5.74) is 5.48. The van der Waals surface area contributed by atoms with Gasteiger partial charge in [0.15, 0.2) is 0 Å². The summed E-state index contributed by atoms with van der Waals surface area (Å²) in [5.74, 6) is -0.129. The molecule has 6 nitrogen and oxygen atoms in total. The molecule has 4 N–H and O–H groups in total. The lowest BCUT2D eigenvalue weighted by molar-refractivity contribution is -0.131. The summed E-state index contributed by atoms with van der Waals surface area (Å²) >= 11 is 0. The molecular formula is C12H21N3O3. The molecule has 2 amide bonds. The number of nitrogens with one attached hydrogen (secondary N) is 2. The van der Waals surface area contributed by atoms with Crippen LogP contribution in [0.2, 0.25) is 0 Å². The molecular weight excluding hydrogens is 234 g/mol. The average Bonchev–Trinajstić information content (AvgIpc) is 3.03. The van der Waals surface area contributed by atoms with Crippen molar-refractivity contribution in [2.24, 2.45) is 5.73 Å². The van der Waals surface area contributed by atoms with Crippen molar-refractivity contribution in [3.63, 3.8) is 0 Å². The van der Waals surface area contributed by atoms with Crippen molar-refractivity contribution < 1.29 is 14.3 Å². The molecule has 0 aromatic rings. The highest BCUT2D eigenvalue weighted by atomic mass is 16.5. The first-order valence-electron chi connectivity index (χ1n) is 6.61. The van der Waals surface area contributed by atoms with Crippen LogP contribution >= 0.6 is 0 Å². The van der Waals surface area contributed by atoms with Crippen LogP contribution in [0.4, 0.5) is 0 Å². The van der Waals surface area contributed by atoms with E-state index in [2.05, 4.69) is 10.6 Å². The molecule has 1 heterocycles. The highest BCUT2D eigenvalue weighted by molar-refractivity contribution is 5.82. The van der Waals surface area contributed by atoms with Crippen molar-refractivity contribution >= 4 is 11.8 Å². The fourth-order valence-corrected chi connectivity index (χ4v) is 2.01. The van der Waals surface area contributed by atoms with Gasteiger partial charge in [-0.3, -0.25) is 9.59 Å². The van der Waals surface area contributed by atoms with Crippen LogP contribution in [0, 0.1) is 0 Å². The zero-order chi connectivity index (χ0) is 13.0. The topological polar surface area (TPSA) is 93.5 Å². The number of carbonyl (C=O) groups is 2. The Morgan fingerprint density at radius 2 is 2.00 bits per heavy atom. The maximum absolute atomic E-state index is 11.7. The highest BCUT2D eigenvalue weighted by Crippen LogP contribution is 2.19. The lowest BCUT2D eigenvalue weighted by atomic mass is 10.2. The highest BCUT2D eigenvalue weighted by Gasteiger charge is 2.29. The van der Waals surface area contributed by atoms with E-state index < -0.39 is 6.10 Å². The molecule has 6 heteroatoms. The molecule has 0 bridgehead atoms. The number of ether oxygens (including phenoxy) is 1. The van der Waals surface area contributed by atoms with Crippen LogP contribution < -0.4 is 16.4 Å². The Morgan fingerprint density at radius 3 is 2.61 bits per heavy atom. The first-order chi connectivity index (χ1) is 8.69. The van der Waals surface area contributed by atoms with Crippen LogP contribution in [-0.2, 0) is 14.3 Å². The number of carbonyl (C=O) groups excluding carboxylic acids is 2. The standard InChI is InChI=1S/C12H21N3O3/c13-7-9-3-4-10(18-9)12(17)14-6-5-11(16)15-8-1-2-8/h8-10H,1-7,13H2,(H,14,17)(H,15,16). The van der Waals surface area contributed by atoms with Gasteiger partial charge in [-0.15, -0.1) is 0 Å². The number of hydrogen-bond donors (Lipinski definition) is 3. The van der Waals surface area contributed by atoms with Crippen molar-refractivity contribution in [3.8, 4) is 0 Å². The monoisotopic (exact) mass is 255 g/mol. The van der Waals surface area contributed by atoms with E-state index >= 15 is 0 Å². The number of rotatable bonds is 6. The van der Waals surface area contributed by atoms with Crippen LogP contribution in [0.15, 0.2) is 0 Å². The van der Waals surface area contributed by atoms with Crippen molar-refractivity contribution in [2.45, 2.75) is 50.4 Å². The van der Waals surface area contributed by atoms with E-state index in [4.69, 9.17) is 10.5 Å². The molecule has 0 aromatic carbocycles. The van der Waals surface area contributed by atoms with Gasteiger partial charge in [0.2, 0.25) is 11.8 Å². The van der Waals surface area contributed by atoms with E-state index in [1.54, 1.807) is 0 Å². The Kier molecular flexibility index (Phi) is 4.54. The normalized spacial score (nSPS) is 26.9. The van der Waals surface area contributed by atoms with Crippen molar-refractivity contribution in [2.75, 3.05) is 13.1 Å². The first kappa shape index (κ1) is 13.3. The van der Waals surface area contributed by atoms with E-state index in [0.29, 0.717) is 32.0 Å². The van der Waals surface area contributed by atoms with Gasteiger partial charge in [0.25, 0.3) is 0 Å². The second-order valence-electron chi connectivity index (χ2n) is 4.94. The summed E-state index contributed by atoms with van der Waals surface area (Å²) in [6, 6.07) is 0.372. The van der Waals surface area contributed by atoms with E-state index in [9.17, 15) is 9.59 Å². The summed E-state index contributed by atoms with van der Waals surface area (Å²) in [4.78, 5) is 23.1. The minimum absolute atomic E-state index is 0.00100. The Labute approximate surface area is 107 Å². The molecule has 2 rings (SSSR count).